The van der Waals surface area contributed by atoms with Crippen molar-refractivity contribution in [1.82, 2.24) is 15.6 Å². The van der Waals surface area contributed by atoms with E-state index >= 15 is 0 Å². The second-order valence-electron chi connectivity index (χ2n) is 5.37. The summed E-state index contributed by atoms with van der Waals surface area (Å²) in [5.74, 6) is 0.423. The number of carbonyl (C=O) groups is 1. The van der Waals surface area contributed by atoms with Crippen molar-refractivity contribution in [3.8, 4) is 0 Å². The molecule has 1 aromatic carbocycles. The van der Waals surface area contributed by atoms with E-state index in [0.717, 1.165) is 11.1 Å². The molecule has 2 amide bonds. The number of amides is 2. The minimum absolute atomic E-state index is 0.158. The summed E-state index contributed by atoms with van der Waals surface area (Å²) >= 11 is 0. The lowest BCUT2D eigenvalue weighted by molar-refractivity contribution is 0.237. The summed E-state index contributed by atoms with van der Waals surface area (Å²) < 4.78 is 0. The Bertz CT molecular complexity index is 515. The first-order chi connectivity index (χ1) is 10.2. The zero-order valence-corrected chi connectivity index (χ0v) is 12.4. The highest BCUT2D eigenvalue weighted by Crippen LogP contribution is 2.21. The first-order valence-corrected chi connectivity index (χ1v) is 7.16. The lowest BCUT2D eigenvalue weighted by Crippen LogP contribution is -2.39. The van der Waals surface area contributed by atoms with E-state index in [4.69, 9.17) is 0 Å². The molecule has 1 aromatic heterocycles. The van der Waals surface area contributed by atoms with Gasteiger partial charge in [-0.2, -0.15) is 0 Å². The maximum absolute atomic E-state index is 12.1. The summed E-state index contributed by atoms with van der Waals surface area (Å²) in [4.78, 5) is 16.1. The highest BCUT2D eigenvalue weighted by molar-refractivity contribution is 5.75. The molecule has 1 atom stereocenters. The Hall–Kier alpha value is -2.36. The molecule has 0 fully saturated rings. The topological polar surface area (TPSA) is 54.0 Å². The summed E-state index contributed by atoms with van der Waals surface area (Å²) in [6, 6.07) is 13.4. The Morgan fingerprint density at radius 3 is 2.29 bits per heavy atom. The predicted octanol–water partition coefficient (Wildman–Crippen LogP) is 3.13. The highest BCUT2D eigenvalue weighted by Gasteiger charge is 2.16. The van der Waals surface area contributed by atoms with Crippen molar-refractivity contribution < 1.29 is 4.79 Å². The number of carbonyl (C=O) groups excluding carboxylic acids is 1. The van der Waals surface area contributed by atoms with Gasteiger partial charge in [0.1, 0.15) is 0 Å². The summed E-state index contributed by atoms with van der Waals surface area (Å²) in [5, 5.41) is 5.91. The Balaban J connectivity index is 2.16. The fraction of sp³-hybridized carbons (Fsp3) is 0.294. The Labute approximate surface area is 125 Å². The zero-order chi connectivity index (χ0) is 15.1. The summed E-state index contributed by atoms with van der Waals surface area (Å²) in [6.45, 7) is 4.79. The molecule has 4 nitrogen and oxygen atoms in total. The van der Waals surface area contributed by atoms with Crippen LogP contribution in [-0.4, -0.2) is 17.6 Å². The van der Waals surface area contributed by atoms with Crippen LogP contribution in [0.5, 0.6) is 0 Å². The number of hydrogen-bond acceptors (Lipinski definition) is 2. The van der Waals surface area contributed by atoms with Crippen LogP contribution >= 0.6 is 0 Å². The van der Waals surface area contributed by atoms with E-state index in [-0.39, 0.29) is 12.1 Å². The van der Waals surface area contributed by atoms with Crippen molar-refractivity contribution >= 4 is 6.03 Å². The van der Waals surface area contributed by atoms with E-state index < -0.39 is 0 Å². The fourth-order valence-corrected chi connectivity index (χ4v) is 2.04. The van der Waals surface area contributed by atoms with Crippen molar-refractivity contribution in [2.45, 2.75) is 19.9 Å². The number of urea groups is 1. The number of rotatable bonds is 5. The van der Waals surface area contributed by atoms with Gasteiger partial charge in [0.2, 0.25) is 0 Å². The van der Waals surface area contributed by atoms with Gasteiger partial charge in [-0.05, 0) is 29.2 Å². The van der Waals surface area contributed by atoms with Crippen LogP contribution in [0.1, 0.15) is 31.0 Å². The van der Waals surface area contributed by atoms with Gasteiger partial charge < -0.3 is 10.6 Å². The smallest absolute Gasteiger partial charge is 0.315 e. The van der Waals surface area contributed by atoms with Gasteiger partial charge in [-0.3, -0.25) is 4.98 Å². The van der Waals surface area contributed by atoms with Crippen LogP contribution in [0.4, 0.5) is 4.79 Å². The van der Waals surface area contributed by atoms with Crippen LogP contribution in [0.15, 0.2) is 54.9 Å². The Kier molecular flexibility index (Phi) is 5.32. The molecule has 0 aliphatic carbocycles. The van der Waals surface area contributed by atoms with Gasteiger partial charge in [-0.1, -0.05) is 44.2 Å². The molecule has 0 radical (unpaired) electrons. The van der Waals surface area contributed by atoms with Crippen molar-refractivity contribution in [2.24, 2.45) is 5.92 Å². The number of pyridine rings is 1. The summed E-state index contributed by atoms with van der Waals surface area (Å²) in [7, 11) is 0. The normalized spacial score (nSPS) is 12.0. The van der Waals surface area contributed by atoms with Crippen molar-refractivity contribution in [1.29, 1.82) is 0 Å². The van der Waals surface area contributed by atoms with Gasteiger partial charge in [0.15, 0.2) is 0 Å². The molecular formula is C17H21N3O. The maximum atomic E-state index is 12.1. The SMILES string of the molecule is CC(C)CNC(=O)NC(c1ccccc1)c1ccncc1. The molecule has 0 saturated heterocycles. The van der Waals surface area contributed by atoms with E-state index in [1.807, 2.05) is 42.5 Å². The van der Waals surface area contributed by atoms with Crippen LogP contribution in [-0.2, 0) is 0 Å². The average molecular weight is 283 g/mol. The van der Waals surface area contributed by atoms with Gasteiger partial charge in [0, 0.05) is 18.9 Å². The Morgan fingerprint density at radius 1 is 1.05 bits per heavy atom. The second-order valence-corrected chi connectivity index (χ2v) is 5.37. The number of hydrogen-bond donors (Lipinski definition) is 2. The van der Waals surface area contributed by atoms with E-state index in [0.29, 0.717) is 12.5 Å². The number of nitrogens with one attached hydrogen (secondary N) is 2. The first kappa shape index (κ1) is 15.0. The van der Waals surface area contributed by atoms with Crippen LogP contribution in [0.2, 0.25) is 0 Å². The average Bonchev–Trinajstić information content (AvgIpc) is 2.52. The standard InChI is InChI=1S/C17H21N3O/c1-13(2)12-19-17(21)20-16(14-6-4-3-5-7-14)15-8-10-18-11-9-15/h3-11,13,16H,12H2,1-2H3,(H2,19,20,21). The summed E-state index contributed by atoms with van der Waals surface area (Å²) in [5.41, 5.74) is 2.05. The molecule has 1 unspecified atom stereocenters. The number of aromatic nitrogens is 1. The van der Waals surface area contributed by atoms with Crippen molar-refractivity contribution in [2.75, 3.05) is 6.54 Å². The van der Waals surface area contributed by atoms with E-state index in [1.54, 1.807) is 12.4 Å². The van der Waals surface area contributed by atoms with Crippen molar-refractivity contribution in [3.05, 3.63) is 66.0 Å². The minimum Gasteiger partial charge on any atom is -0.338 e. The van der Waals surface area contributed by atoms with Crippen LogP contribution < -0.4 is 10.6 Å². The molecule has 0 spiro atoms. The number of nitrogens with zero attached hydrogens (tertiary/aromatic N) is 1. The maximum Gasteiger partial charge on any atom is 0.315 e. The van der Waals surface area contributed by atoms with Crippen LogP contribution in [0, 0.1) is 5.92 Å². The monoisotopic (exact) mass is 283 g/mol. The third kappa shape index (κ3) is 4.60. The molecule has 2 aromatic rings. The van der Waals surface area contributed by atoms with Crippen LogP contribution in [0.25, 0.3) is 0 Å². The first-order valence-electron chi connectivity index (χ1n) is 7.16. The van der Waals surface area contributed by atoms with Crippen molar-refractivity contribution in [3.63, 3.8) is 0 Å². The molecule has 4 heteroatoms. The fourth-order valence-electron chi connectivity index (χ4n) is 2.04. The molecule has 110 valence electrons. The molecule has 2 rings (SSSR count). The molecular weight excluding hydrogens is 262 g/mol. The van der Waals surface area contributed by atoms with Gasteiger partial charge >= 0.3 is 6.03 Å². The van der Waals surface area contributed by atoms with Gasteiger partial charge in [-0.15, -0.1) is 0 Å². The highest BCUT2D eigenvalue weighted by atomic mass is 16.2. The van der Waals surface area contributed by atoms with Gasteiger partial charge in [-0.25, -0.2) is 4.79 Å². The summed E-state index contributed by atoms with van der Waals surface area (Å²) in [6.07, 6.45) is 3.47. The van der Waals surface area contributed by atoms with Gasteiger partial charge in [0.25, 0.3) is 0 Å². The predicted molar refractivity (Wildman–Crippen MR) is 83.9 cm³/mol. The molecule has 1 heterocycles. The lowest BCUT2D eigenvalue weighted by atomic mass is 10.00. The largest absolute Gasteiger partial charge is 0.338 e. The zero-order valence-electron chi connectivity index (χ0n) is 12.4. The van der Waals surface area contributed by atoms with E-state index in [1.165, 1.54) is 0 Å². The molecule has 0 aliphatic rings. The van der Waals surface area contributed by atoms with E-state index in [2.05, 4.69) is 29.5 Å². The number of benzene rings is 1. The molecule has 2 N–H and O–H groups in total. The molecule has 0 bridgehead atoms. The third-order valence-corrected chi connectivity index (χ3v) is 3.12. The van der Waals surface area contributed by atoms with Crippen LogP contribution in [0.3, 0.4) is 0 Å². The quantitative estimate of drug-likeness (QED) is 0.885. The third-order valence-electron chi connectivity index (χ3n) is 3.12. The van der Waals surface area contributed by atoms with E-state index in [9.17, 15) is 4.79 Å². The lowest BCUT2D eigenvalue weighted by Gasteiger charge is -2.20. The minimum atomic E-state index is -0.179. The second kappa shape index (κ2) is 7.43. The molecule has 0 aliphatic heterocycles. The van der Waals surface area contributed by atoms with Gasteiger partial charge in [0.05, 0.1) is 6.04 Å². The molecule has 21 heavy (non-hydrogen) atoms. The molecule has 0 saturated carbocycles. The Morgan fingerprint density at radius 2 is 1.67 bits per heavy atom.